The number of carbonyl (C=O) groups is 1. The molecule has 2 heterocycles. The lowest BCUT2D eigenvalue weighted by Gasteiger charge is -1.99. The van der Waals surface area contributed by atoms with Crippen LogP contribution in [0.4, 0.5) is 0 Å². The SMILES string of the molecule is Cc1cccc(Cc2cn3cc(C(=O)O)ccc3n2)c1. The topological polar surface area (TPSA) is 54.6 Å². The van der Waals surface area contributed by atoms with Crippen LogP contribution in [-0.4, -0.2) is 20.5 Å². The molecule has 20 heavy (non-hydrogen) atoms. The molecule has 0 aliphatic rings. The molecule has 0 spiro atoms. The number of nitrogens with zero attached hydrogens (tertiary/aromatic N) is 2. The van der Waals surface area contributed by atoms with Crippen LogP contribution in [0.1, 0.15) is 27.2 Å². The van der Waals surface area contributed by atoms with Crippen LogP contribution in [0.2, 0.25) is 0 Å². The summed E-state index contributed by atoms with van der Waals surface area (Å²) in [6.45, 7) is 2.06. The zero-order valence-electron chi connectivity index (χ0n) is 11.1. The molecule has 0 saturated carbocycles. The first-order chi connectivity index (χ1) is 9.61. The molecule has 0 amide bonds. The maximum absolute atomic E-state index is 10.9. The molecule has 4 heteroatoms. The van der Waals surface area contributed by atoms with Crippen LogP contribution in [0.25, 0.3) is 5.65 Å². The first-order valence-corrected chi connectivity index (χ1v) is 6.38. The number of benzene rings is 1. The van der Waals surface area contributed by atoms with Crippen molar-refractivity contribution in [3.8, 4) is 0 Å². The highest BCUT2D eigenvalue weighted by Gasteiger charge is 2.07. The predicted octanol–water partition coefficient (Wildman–Crippen LogP) is 2.93. The molecule has 2 aromatic heterocycles. The normalized spacial score (nSPS) is 10.8. The quantitative estimate of drug-likeness (QED) is 0.793. The Labute approximate surface area is 116 Å². The van der Waals surface area contributed by atoms with E-state index in [2.05, 4.69) is 30.1 Å². The minimum Gasteiger partial charge on any atom is -0.478 e. The molecule has 0 bridgehead atoms. The van der Waals surface area contributed by atoms with Crippen LogP contribution in [0.3, 0.4) is 0 Å². The van der Waals surface area contributed by atoms with Crippen molar-refractivity contribution in [2.75, 3.05) is 0 Å². The van der Waals surface area contributed by atoms with E-state index in [9.17, 15) is 4.79 Å². The van der Waals surface area contributed by atoms with Crippen LogP contribution in [0, 0.1) is 6.92 Å². The maximum atomic E-state index is 10.9. The van der Waals surface area contributed by atoms with Gasteiger partial charge in [0, 0.05) is 18.8 Å². The molecule has 0 atom stereocenters. The van der Waals surface area contributed by atoms with E-state index in [1.807, 2.05) is 12.3 Å². The minimum atomic E-state index is -0.930. The van der Waals surface area contributed by atoms with Crippen LogP contribution < -0.4 is 0 Å². The van der Waals surface area contributed by atoms with Crippen molar-refractivity contribution in [3.63, 3.8) is 0 Å². The molecule has 0 aliphatic heterocycles. The molecular weight excluding hydrogens is 252 g/mol. The fourth-order valence-corrected chi connectivity index (χ4v) is 2.29. The second-order valence-corrected chi connectivity index (χ2v) is 4.89. The number of aromatic nitrogens is 2. The van der Waals surface area contributed by atoms with Gasteiger partial charge in [0.15, 0.2) is 0 Å². The summed E-state index contributed by atoms with van der Waals surface area (Å²) < 4.78 is 1.76. The Hall–Kier alpha value is -2.62. The van der Waals surface area contributed by atoms with Crippen molar-refractivity contribution >= 4 is 11.6 Å². The van der Waals surface area contributed by atoms with E-state index < -0.39 is 5.97 Å². The molecule has 1 aromatic carbocycles. The van der Waals surface area contributed by atoms with Crippen molar-refractivity contribution in [2.45, 2.75) is 13.3 Å². The highest BCUT2D eigenvalue weighted by atomic mass is 16.4. The summed E-state index contributed by atoms with van der Waals surface area (Å²) in [4.78, 5) is 15.5. The van der Waals surface area contributed by atoms with E-state index in [1.54, 1.807) is 22.7 Å². The number of hydrogen-bond acceptors (Lipinski definition) is 2. The lowest BCUT2D eigenvalue weighted by Crippen LogP contribution is -1.97. The van der Waals surface area contributed by atoms with Gasteiger partial charge in [-0.25, -0.2) is 9.78 Å². The van der Waals surface area contributed by atoms with Crippen LogP contribution in [-0.2, 0) is 6.42 Å². The molecule has 1 N–H and O–H groups in total. The van der Waals surface area contributed by atoms with Gasteiger partial charge in [-0.05, 0) is 24.6 Å². The number of pyridine rings is 1. The minimum absolute atomic E-state index is 0.261. The van der Waals surface area contributed by atoms with Crippen LogP contribution in [0.15, 0.2) is 48.8 Å². The summed E-state index contributed by atoms with van der Waals surface area (Å²) in [7, 11) is 0. The van der Waals surface area contributed by atoms with Gasteiger partial charge >= 0.3 is 5.97 Å². The third kappa shape index (κ3) is 2.40. The van der Waals surface area contributed by atoms with E-state index in [-0.39, 0.29) is 5.56 Å². The van der Waals surface area contributed by atoms with Gasteiger partial charge in [0.05, 0.1) is 11.3 Å². The van der Waals surface area contributed by atoms with Crippen molar-refractivity contribution in [1.82, 2.24) is 9.38 Å². The van der Waals surface area contributed by atoms with Crippen molar-refractivity contribution in [1.29, 1.82) is 0 Å². The Kier molecular flexibility index (Phi) is 2.99. The first kappa shape index (κ1) is 12.4. The van der Waals surface area contributed by atoms with E-state index >= 15 is 0 Å². The monoisotopic (exact) mass is 266 g/mol. The van der Waals surface area contributed by atoms with Crippen molar-refractivity contribution in [3.05, 3.63) is 71.2 Å². The Morgan fingerprint density at radius 1 is 1.25 bits per heavy atom. The molecule has 100 valence electrons. The highest BCUT2D eigenvalue weighted by Crippen LogP contribution is 2.13. The van der Waals surface area contributed by atoms with Gasteiger partial charge in [0.25, 0.3) is 0 Å². The number of aryl methyl sites for hydroxylation is 1. The molecule has 0 saturated heterocycles. The zero-order valence-corrected chi connectivity index (χ0v) is 11.1. The lowest BCUT2D eigenvalue weighted by molar-refractivity contribution is 0.0696. The van der Waals surface area contributed by atoms with Gasteiger partial charge in [0.2, 0.25) is 0 Å². The summed E-state index contributed by atoms with van der Waals surface area (Å²) in [5.41, 5.74) is 4.37. The van der Waals surface area contributed by atoms with Crippen molar-refractivity contribution < 1.29 is 9.90 Å². The molecular formula is C16H14N2O2. The maximum Gasteiger partial charge on any atom is 0.337 e. The lowest BCUT2D eigenvalue weighted by atomic mass is 10.1. The summed E-state index contributed by atoms with van der Waals surface area (Å²) in [6, 6.07) is 11.6. The first-order valence-electron chi connectivity index (χ1n) is 6.38. The smallest absolute Gasteiger partial charge is 0.337 e. The number of rotatable bonds is 3. The number of imidazole rings is 1. The Bertz CT molecular complexity index is 790. The highest BCUT2D eigenvalue weighted by molar-refractivity contribution is 5.87. The fraction of sp³-hybridized carbons (Fsp3) is 0.125. The van der Waals surface area contributed by atoms with E-state index in [0.717, 1.165) is 17.8 Å². The molecule has 4 nitrogen and oxygen atoms in total. The number of aromatic carboxylic acids is 1. The number of hydrogen-bond donors (Lipinski definition) is 1. The summed E-state index contributed by atoms with van der Waals surface area (Å²) in [5, 5.41) is 8.98. The standard InChI is InChI=1S/C16H14N2O2/c1-11-3-2-4-12(7-11)8-14-10-18-9-13(16(19)20)5-6-15(18)17-14/h2-7,9-10H,8H2,1H3,(H,19,20). The predicted molar refractivity (Wildman–Crippen MR) is 76.1 cm³/mol. The van der Waals surface area contributed by atoms with Gasteiger partial charge in [-0.3, -0.25) is 0 Å². The largest absolute Gasteiger partial charge is 0.478 e. The average Bonchev–Trinajstić information content (AvgIpc) is 2.79. The number of fused-ring (bicyclic) bond motifs is 1. The van der Waals surface area contributed by atoms with E-state index in [0.29, 0.717) is 0 Å². The van der Waals surface area contributed by atoms with Gasteiger partial charge < -0.3 is 9.51 Å². The molecule has 0 aliphatic carbocycles. The summed E-state index contributed by atoms with van der Waals surface area (Å²) in [5.74, 6) is -0.930. The summed E-state index contributed by atoms with van der Waals surface area (Å²) >= 11 is 0. The number of carboxylic acid groups (broad SMARTS) is 1. The molecule has 0 radical (unpaired) electrons. The third-order valence-electron chi connectivity index (χ3n) is 3.22. The number of carboxylic acids is 1. The summed E-state index contributed by atoms with van der Waals surface area (Å²) in [6.07, 6.45) is 4.21. The molecule has 0 unspecified atom stereocenters. The van der Waals surface area contributed by atoms with E-state index in [4.69, 9.17) is 5.11 Å². The fourth-order valence-electron chi connectivity index (χ4n) is 2.29. The molecule has 3 aromatic rings. The average molecular weight is 266 g/mol. The van der Waals surface area contributed by atoms with Crippen molar-refractivity contribution in [2.24, 2.45) is 0 Å². The second kappa shape index (κ2) is 4.81. The Morgan fingerprint density at radius 2 is 2.10 bits per heavy atom. The Balaban J connectivity index is 1.95. The third-order valence-corrected chi connectivity index (χ3v) is 3.22. The zero-order chi connectivity index (χ0) is 14.1. The van der Waals surface area contributed by atoms with Gasteiger partial charge in [-0.15, -0.1) is 0 Å². The molecule has 0 fully saturated rings. The molecule has 3 rings (SSSR count). The van der Waals surface area contributed by atoms with Gasteiger partial charge in [0.1, 0.15) is 5.65 Å². The van der Waals surface area contributed by atoms with Gasteiger partial charge in [-0.2, -0.15) is 0 Å². The van der Waals surface area contributed by atoms with Crippen LogP contribution in [0.5, 0.6) is 0 Å². The van der Waals surface area contributed by atoms with Crippen LogP contribution >= 0.6 is 0 Å². The van der Waals surface area contributed by atoms with Gasteiger partial charge in [-0.1, -0.05) is 29.8 Å². The Morgan fingerprint density at radius 3 is 2.85 bits per heavy atom. The second-order valence-electron chi connectivity index (χ2n) is 4.89. The van der Waals surface area contributed by atoms with E-state index in [1.165, 1.54) is 11.1 Å².